The number of rotatable bonds is 3. The van der Waals surface area contributed by atoms with Crippen molar-refractivity contribution >= 4 is 29.9 Å². The molecule has 0 aromatic carbocycles. The Kier molecular flexibility index (Phi) is 5.07. The van der Waals surface area contributed by atoms with Gasteiger partial charge in [0, 0.05) is 24.0 Å². The number of thiophene rings is 1. The zero-order valence-corrected chi connectivity index (χ0v) is 16.8. The van der Waals surface area contributed by atoms with Crippen molar-refractivity contribution in [1.29, 1.82) is 0 Å². The van der Waals surface area contributed by atoms with Crippen molar-refractivity contribution in [1.82, 2.24) is 4.90 Å². The molecule has 1 unspecified atom stereocenters. The lowest BCUT2D eigenvalue weighted by molar-refractivity contribution is 0.00578. The molecule has 2 N–H and O–H groups in total. The molecule has 0 saturated carbocycles. The Bertz CT molecular complexity index is 731. The van der Waals surface area contributed by atoms with Crippen LogP contribution in [0.1, 0.15) is 55.6 Å². The average molecular weight is 380 g/mol. The van der Waals surface area contributed by atoms with Crippen molar-refractivity contribution in [3.63, 3.8) is 0 Å². The smallest absolute Gasteiger partial charge is 0.398 e. The van der Waals surface area contributed by atoms with Gasteiger partial charge in [0.25, 0.3) is 5.91 Å². The van der Waals surface area contributed by atoms with E-state index in [-0.39, 0.29) is 11.9 Å². The Morgan fingerprint density at radius 3 is 2.38 bits per heavy atom. The molecule has 1 atom stereocenters. The van der Waals surface area contributed by atoms with Gasteiger partial charge in [-0.3, -0.25) is 4.79 Å². The van der Waals surface area contributed by atoms with Crippen molar-refractivity contribution in [2.45, 2.75) is 58.3 Å². The number of nitrogens with zero attached hydrogens (tertiary/aromatic N) is 1. The molecule has 142 valence electrons. The zero-order valence-electron chi connectivity index (χ0n) is 16.0. The van der Waals surface area contributed by atoms with Gasteiger partial charge in [-0.05, 0) is 58.7 Å². The highest BCUT2D eigenvalue weighted by Crippen LogP contribution is 2.40. The van der Waals surface area contributed by atoms with Crippen molar-refractivity contribution in [2.24, 2.45) is 5.73 Å². The summed E-state index contributed by atoms with van der Waals surface area (Å²) in [5.74, 6) is -0.0435. The van der Waals surface area contributed by atoms with Crippen LogP contribution in [0.15, 0.2) is 17.9 Å². The van der Waals surface area contributed by atoms with Crippen LogP contribution >= 0.6 is 11.3 Å². The normalized spacial score (nSPS) is 25.6. The summed E-state index contributed by atoms with van der Waals surface area (Å²) in [6, 6.07) is 3.56. The Balaban J connectivity index is 1.78. The van der Waals surface area contributed by atoms with Gasteiger partial charge < -0.3 is 19.9 Å². The van der Waals surface area contributed by atoms with Crippen LogP contribution < -0.4 is 5.73 Å². The van der Waals surface area contributed by atoms with Gasteiger partial charge in [0.15, 0.2) is 0 Å². The number of hydrogen-bond donors (Lipinski definition) is 1. The van der Waals surface area contributed by atoms with Crippen molar-refractivity contribution < 1.29 is 18.5 Å². The van der Waals surface area contributed by atoms with Gasteiger partial charge in [-0.1, -0.05) is 0 Å². The van der Waals surface area contributed by atoms with Gasteiger partial charge in [-0.2, -0.15) is 0 Å². The maximum absolute atomic E-state index is 15.0. The van der Waals surface area contributed by atoms with E-state index in [1.54, 1.807) is 24.0 Å². The molecule has 3 heterocycles. The van der Waals surface area contributed by atoms with Crippen LogP contribution in [0.25, 0.3) is 5.57 Å². The van der Waals surface area contributed by atoms with E-state index in [1.165, 1.54) is 11.3 Å². The summed E-state index contributed by atoms with van der Waals surface area (Å²) in [6.45, 7) is 10.5. The van der Waals surface area contributed by atoms with Crippen molar-refractivity contribution in [3.05, 3.63) is 27.6 Å². The number of hydrogen-bond acceptors (Lipinski definition) is 5. The molecule has 0 bridgehead atoms. The second kappa shape index (κ2) is 6.75. The lowest BCUT2D eigenvalue weighted by Gasteiger charge is -2.32. The number of halogens is 1. The fourth-order valence-electron chi connectivity index (χ4n) is 3.02. The summed E-state index contributed by atoms with van der Waals surface area (Å²) >= 11 is 1.28. The molecule has 1 aromatic heterocycles. The van der Waals surface area contributed by atoms with E-state index in [9.17, 15) is 9.18 Å². The first-order valence-electron chi connectivity index (χ1n) is 8.89. The van der Waals surface area contributed by atoms with E-state index in [0.717, 1.165) is 6.42 Å². The van der Waals surface area contributed by atoms with E-state index in [0.29, 0.717) is 28.4 Å². The second-order valence-electron chi connectivity index (χ2n) is 8.03. The second-order valence-corrected chi connectivity index (χ2v) is 9.11. The van der Waals surface area contributed by atoms with E-state index in [1.807, 2.05) is 27.7 Å². The fraction of sp³-hybridized carbons (Fsp3) is 0.611. The largest absolute Gasteiger partial charge is 0.525 e. The van der Waals surface area contributed by atoms with Crippen LogP contribution in [0.2, 0.25) is 0 Å². The minimum Gasteiger partial charge on any atom is -0.398 e. The van der Waals surface area contributed by atoms with Gasteiger partial charge in [0.05, 0.1) is 16.1 Å². The molecule has 8 heteroatoms. The summed E-state index contributed by atoms with van der Waals surface area (Å²) < 4.78 is 26.5. The topological polar surface area (TPSA) is 64.8 Å². The molecule has 3 rings (SSSR count). The highest BCUT2D eigenvalue weighted by molar-refractivity contribution is 7.15. The van der Waals surface area contributed by atoms with E-state index < -0.39 is 24.0 Å². The lowest BCUT2D eigenvalue weighted by atomic mass is 9.84. The molecule has 1 aromatic rings. The third-order valence-corrected chi connectivity index (χ3v) is 6.71. The molecule has 2 aliphatic rings. The summed E-state index contributed by atoms with van der Waals surface area (Å²) in [5.41, 5.74) is 4.66. The van der Waals surface area contributed by atoms with E-state index in [4.69, 9.17) is 15.0 Å². The molecule has 1 amide bonds. The molecule has 0 radical (unpaired) electrons. The maximum Gasteiger partial charge on any atom is 0.525 e. The maximum atomic E-state index is 15.0. The highest BCUT2D eigenvalue weighted by atomic mass is 32.1. The van der Waals surface area contributed by atoms with Gasteiger partial charge >= 0.3 is 7.12 Å². The van der Waals surface area contributed by atoms with E-state index >= 15 is 0 Å². The fourth-order valence-corrected chi connectivity index (χ4v) is 4.00. The lowest BCUT2D eigenvalue weighted by Crippen LogP contribution is -2.41. The van der Waals surface area contributed by atoms with Crippen molar-refractivity contribution in [3.8, 4) is 0 Å². The standard InChI is InChI=1S/C18H26BFN2O3S/c1-11(15(20)19-24-17(2,3)18(4,5)25-19)13-6-7-14(26-13)16(23)22-9-8-12(21)10-22/h6-7,12H,8-10,21H2,1-5H3. The zero-order chi connectivity index (χ0) is 19.3. The van der Waals surface area contributed by atoms with Crippen LogP contribution in [0.3, 0.4) is 0 Å². The molecule has 0 aliphatic carbocycles. The number of carbonyl (C=O) groups is 1. The molecular weight excluding hydrogens is 354 g/mol. The van der Waals surface area contributed by atoms with Crippen LogP contribution in [-0.4, -0.2) is 48.3 Å². The number of nitrogens with two attached hydrogens (primary N) is 1. The summed E-state index contributed by atoms with van der Waals surface area (Å²) in [4.78, 5) is 15.6. The number of carbonyl (C=O) groups excluding carboxylic acids is 1. The molecule has 5 nitrogen and oxygen atoms in total. The average Bonchev–Trinajstić information content (AvgIpc) is 3.24. The summed E-state index contributed by atoms with van der Waals surface area (Å²) in [5, 5.41) is 0. The Labute approximate surface area is 158 Å². The van der Waals surface area contributed by atoms with Crippen molar-refractivity contribution in [2.75, 3.05) is 13.1 Å². The quantitative estimate of drug-likeness (QED) is 0.818. The first kappa shape index (κ1) is 19.5. The van der Waals surface area contributed by atoms with Gasteiger partial charge in [0.1, 0.15) is 5.73 Å². The number of likely N-dealkylation sites (tertiary alicyclic amines) is 1. The molecule has 2 saturated heterocycles. The third kappa shape index (κ3) is 3.47. The minimum atomic E-state index is -1.03. The van der Waals surface area contributed by atoms with Gasteiger partial charge in [-0.15, -0.1) is 11.3 Å². The third-order valence-electron chi connectivity index (χ3n) is 5.52. The molecule has 26 heavy (non-hydrogen) atoms. The van der Waals surface area contributed by atoms with Crippen LogP contribution in [0.4, 0.5) is 4.39 Å². The SMILES string of the molecule is CC(=C(F)B1OC(C)(C)C(C)(C)O1)c1ccc(C(=O)N2CCC(N)C2)s1. The minimum absolute atomic E-state index is 0.0424. The summed E-state index contributed by atoms with van der Waals surface area (Å²) in [7, 11) is -1.03. The highest BCUT2D eigenvalue weighted by Gasteiger charge is 2.53. The van der Waals surface area contributed by atoms with Crippen LogP contribution in [0, 0.1) is 0 Å². The van der Waals surface area contributed by atoms with Crippen LogP contribution in [-0.2, 0) is 9.31 Å². The first-order valence-corrected chi connectivity index (χ1v) is 9.70. The monoisotopic (exact) mass is 380 g/mol. The van der Waals surface area contributed by atoms with Crippen LogP contribution in [0.5, 0.6) is 0 Å². The van der Waals surface area contributed by atoms with E-state index in [2.05, 4.69) is 0 Å². The molecule has 2 fully saturated rings. The predicted octanol–water partition coefficient (Wildman–Crippen LogP) is 3.25. The Hall–Kier alpha value is -1.22. The van der Waals surface area contributed by atoms with Gasteiger partial charge in [-0.25, -0.2) is 4.39 Å². The van der Waals surface area contributed by atoms with Gasteiger partial charge in [0.2, 0.25) is 0 Å². The number of amides is 1. The molecular formula is C18H26BFN2O3S. The number of allylic oxidation sites excluding steroid dienone is 1. The molecule has 2 aliphatic heterocycles. The Morgan fingerprint density at radius 2 is 1.85 bits per heavy atom. The first-order chi connectivity index (χ1) is 12.0. The Morgan fingerprint density at radius 1 is 1.27 bits per heavy atom. The predicted molar refractivity (Wildman–Crippen MR) is 103 cm³/mol. The molecule has 0 spiro atoms. The summed E-state index contributed by atoms with van der Waals surface area (Å²) in [6.07, 6.45) is 0.819.